The average molecular weight is 472 g/mol. The van der Waals surface area contributed by atoms with Gasteiger partial charge in [0.15, 0.2) is 0 Å². The van der Waals surface area contributed by atoms with Gasteiger partial charge in [-0.3, -0.25) is 0 Å². The molecule has 6 heteroatoms. The molecule has 1 rings (SSSR count). The van der Waals surface area contributed by atoms with Crippen molar-refractivity contribution in [1.82, 2.24) is 0 Å². The summed E-state index contributed by atoms with van der Waals surface area (Å²) < 4.78 is 9.81. The molecule has 0 unspecified atom stereocenters. The summed E-state index contributed by atoms with van der Waals surface area (Å²) in [6.45, 7) is 6.49. The quantitative estimate of drug-likeness (QED) is 0.113. The van der Waals surface area contributed by atoms with Crippen LogP contribution >= 0.6 is 11.8 Å². The Kier molecular flexibility index (Phi) is 11.8. The van der Waals surface area contributed by atoms with Crippen molar-refractivity contribution < 1.29 is 3.07 Å². The van der Waals surface area contributed by atoms with Crippen LogP contribution < -0.4 is 3.07 Å². The van der Waals surface area contributed by atoms with Crippen LogP contribution in [0, 0.1) is 0 Å². The Morgan fingerprint density at radius 1 is 1.21 bits per heavy atom. The number of benzene rings is 1. The Morgan fingerprint density at radius 3 is 2.42 bits per heavy atom. The number of rotatable bonds is 10. The molecule has 0 N–H and O–H groups in total. The van der Waals surface area contributed by atoms with E-state index in [1.165, 1.54) is 46.3 Å². The van der Waals surface area contributed by atoms with Crippen molar-refractivity contribution in [1.29, 1.82) is 0 Å². The van der Waals surface area contributed by atoms with Gasteiger partial charge in [-0.05, 0) is 0 Å². The molecule has 0 spiro atoms. The van der Waals surface area contributed by atoms with E-state index in [2.05, 4.69) is 48.7 Å². The number of thiol groups is 1. The van der Waals surface area contributed by atoms with Crippen molar-refractivity contribution in [3.8, 4) is 5.75 Å². The monoisotopic (exact) mass is 473 g/mol. The predicted octanol–water partition coefficient (Wildman–Crippen LogP) is 5.48. The van der Waals surface area contributed by atoms with Crippen LogP contribution in [0.15, 0.2) is 29.4 Å². The molecule has 0 bridgehead atoms. The van der Waals surface area contributed by atoms with Gasteiger partial charge in [0, 0.05) is 0 Å². The van der Waals surface area contributed by atoms with Gasteiger partial charge in [0.05, 0.1) is 0 Å². The van der Waals surface area contributed by atoms with Gasteiger partial charge in [-0.25, -0.2) is 0 Å². The summed E-state index contributed by atoms with van der Waals surface area (Å²) >= 11 is 3.90. The second kappa shape index (κ2) is 13.0. The molecule has 1 radical (unpaired) electrons. The maximum atomic E-state index is 6.55. The summed E-state index contributed by atoms with van der Waals surface area (Å²) in [5.41, 5.74) is 6.06. The molecule has 133 valence electrons. The summed E-state index contributed by atoms with van der Waals surface area (Å²) in [5.74, 6) is 0.987. The number of thioether (sulfide) groups is 1. The van der Waals surface area contributed by atoms with Crippen LogP contribution in [0.25, 0.3) is 5.43 Å². The Morgan fingerprint density at radius 2 is 1.83 bits per heavy atom. The van der Waals surface area contributed by atoms with Gasteiger partial charge in [-0.2, -0.15) is 0 Å². The zero-order chi connectivity index (χ0) is 17.8. The zero-order valence-corrected chi connectivity index (χ0v) is 19.8. The van der Waals surface area contributed by atoms with Crippen LogP contribution in [-0.4, -0.2) is 36.5 Å². The number of hydrogen-bond acceptors (Lipinski definition) is 3. The Hall–Kier alpha value is -0.271. The molecule has 24 heavy (non-hydrogen) atoms. The third-order valence-electron chi connectivity index (χ3n) is 3.62. The van der Waals surface area contributed by atoms with Crippen molar-refractivity contribution in [2.45, 2.75) is 55.3 Å². The van der Waals surface area contributed by atoms with Gasteiger partial charge in [0.1, 0.15) is 0 Å². The molecular weight excluding hydrogens is 443 g/mol. The third kappa shape index (κ3) is 8.21. The molecular formula is C18H29N2OS2Sn. The standard InChI is InChI=1S/C10H12N2OS2.2C4H9.Sn/c1-7(11-12-10(14)15-2)8-5-3-4-6-9(8)13;2*1-3-4-2;/h3-6H,1-2H3,(H2,11,12,13,14);2*1,3-4H2,2H3;/q;;;+1/p-1. The van der Waals surface area contributed by atoms with Crippen LogP contribution in [0.5, 0.6) is 5.75 Å². The molecule has 0 heterocycles. The molecule has 1 aromatic carbocycles. The maximum absolute atomic E-state index is 6.55. The molecule has 0 fully saturated rings. The number of para-hydroxylation sites is 1. The van der Waals surface area contributed by atoms with Gasteiger partial charge in [-0.15, -0.1) is 0 Å². The first kappa shape index (κ1) is 21.8. The zero-order valence-electron chi connectivity index (χ0n) is 15.2. The molecule has 0 aliphatic carbocycles. The van der Waals surface area contributed by atoms with Crippen molar-refractivity contribution in [3.63, 3.8) is 0 Å². The Labute approximate surface area is 164 Å². The fourth-order valence-corrected chi connectivity index (χ4v) is 9.33. The van der Waals surface area contributed by atoms with E-state index < -0.39 is 20.2 Å². The van der Waals surface area contributed by atoms with E-state index >= 15 is 0 Å². The van der Waals surface area contributed by atoms with Gasteiger partial charge < -0.3 is 0 Å². The van der Waals surface area contributed by atoms with Crippen LogP contribution in [0.1, 0.15) is 52.0 Å². The molecule has 0 aromatic heterocycles. The first-order chi connectivity index (χ1) is 11.6. The second-order valence-corrected chi connectivity index (χ2v) is 13.6. The molecule has 0 aliphatic heterocycles. The first-order valence-electron chi connectivity index (χ1n) is 8.59. The van der Waals surface area contributed by atoms with Gasteiger partial charge in [0.25, 0.3) is 0 Å². The van der Waals surface area contributed by atoms with Gasteiger partial charge >= 0.3 is 165 Å². The van der Waals surface area contributed by atoms with Crippen LogP contribution in [0.4, 0.5) is 0 Å². The van der Waals surface area contributed by atoms with E-state index in [9.17, 15) is 0 Å². The average Bonchev–Trinajstić information content (AvgIpc) is 2.61. The first-order valence-corrected chi connectivity index (χ1v) is 15.5. The van der Waals surface area contributed by atoms with E-state index in [0.29, 0.717) is 4.32 Å². The second-order valence-electron chi connectivity index (χ2n) is 5.62. The molecule has 0 aliphatic rings. The Balaban J connectivity index is 2.87. The molecule has 0 saturated heterocycles. The minimum atomic E-state index is -1.84. The molecule has 3 nitrogen and oxygen atoms in total. The van der Waals surface area contributed by atoms with Gasteiger partial charge in [-0.1, -0.05) is 0 Å². The molecule has 1 aromatic rings. The fraction of sp³-hybridized carbons (Fsp3) is 0.556. The van der Waals surface area contributed by atoms with E-state index in [-0.39, 0.29) is 0 Å². The predicted molar refractivity (Wildman–Crippen MR) is 115 cm³/mol. The van der Waals surface area contributed by atoms with E-state index in [0.717, 1.165) is 17.0 Å². The summed E-state index contributed by atoms with van der Waals surface area (Å²) in [4.78, 5) is 0. The van der Waals surface area contributed by atoms with E-state index in [4.69, 9.17) is 3.07 Å². The van der Waals surface area contributed by atoms with Crippen molar-refractivity contribution in [2.75, 3.05) is 6.26 Å². The third-order valence-corrected chi connectivity index (χ3v) is 11.4. The van der Waals surface area contributed by atoms with Crippen LogP contribution in [0.2, 0.25) is 8.87 Å². The van der Waals surface area contributed by atoms with Crippen LogP contribution in [-0.2, 0) is 12.2 Å². The number of hydrogen-bond donors (Lipinski definition) is 0. The van der Waals surface area contributed by atoms with Crippen molar-refractivity contribution in [3.05, 3.63) is 35.3 Å². The Bertz CT molecular complexity index is 530. The number of nitrogens with zero attached hydrogens (tertiary/aromatic N) is 2. The summed E-state index contributed by atoms with van der Waals surface area (Å²) in [6, 6.07) is 8.22. The van der Waals surface area contributed by atoms with E-state index in [1.54, 1.807) is 0 Å². The normalized spacial score (nSPS) is 11.6. The fourth-order valence-electron chi connectivity index (χ4n) is 2.20. The molecule has 0 amide bonds. The summed E-state index contributed by atoms with van der Waals surface area (Å²) in [6.07, 6.45) is 7.00. The minimum absolute atomic E-state index is 0.662. The summed E-state index contributed by atoms with van der Waals surface area (Å²) in [7, 11) is 0. The molecule has 0 saturated carbocycles. The number of unbranched alkanes of at least 4 members (excludes halogenated alkanes) is 2. The SMILES string of the molecule is CCC[CH2][Sn]([CH2]CCC)[O]c1ccccc1C(C)=N[N-]C(=[SH+])SC. The van der Waals surface area contributed by atoms with E-state index in [1.807, 2.05) is 25.3 Å². The topological polar surface area (TPSA) is 35.7 Å². The van der Waals surface area contributed by atoms with Crippen molar-refractivity contribution in [2.24, 2.45) is 5.10 Å². The van der Waals surface area contributed by atoms with Gasteiger partial charge in [0.2, 0.25) is 0 Å². The summed E-state index contributed by atoms with van der Waals surface area (Å²) in [5, 5.41) is 4.31. The molecule has 0 atom stereocenters. The van der Waals surface area contributed by atoms with Crippen molar-refractivity contribution >= 4 is 54.2 Å². The van der Waals surface area contributed by atoms with Crippen LogP contribution in [0.3, 0.4) is 0 Å².